The summed E-state index contributed by atoms with van der Waals surface area (Å²) in [6.07, 6.45) is 3.75. The molecule has 72 valence electrons. The summed E-state index contributed by atoms with van der Waals surface area (Å²) >= 11 is 0. The third-order valence-electron chi connectivity index (χ3n) is 2.78. The topological polar surface area (TPSA) is 50.9 Å². The van der Waals surface area contributed by atoms with Crippen molar-refractivity contribution in [3.8, 4) is 0 Å². The SMILES string of the molecule is CCn1c(CO)nnc1C1CCC1. The Morgan fingerprint density at radius 2 is 2.23 bits per heavy atom. The molecule has 0 bridgehead atoms. The highest BCUT2D eigenvalue weighted by molar-refractivity contribution is 5.04. The zero-order valence-electron chi connectivity index (χ0n) is 7.90. The van der Waals surface area contributed by atoms with Crippen LogP contribution in [0.15, 0.2) is 0 Å². The fraction of sp³-hybridized carbons (Fsp3) is 0.778. The number of nitrogens with zero attached hydrogens (tertiary/aromatic N) is 3. The molecule has 13 heavy (non-hydrogen) atoms. The van der Waals surface area contributed by atoms with E-state index in [1.54, 1.807) is 0 Å². The van der Waals surface area contributed by atoms with Crippen LogP contribution in [0.2, 0.25) is 0 Å². The molecule has 2 rings (SSSR count). The molecule has 4 heteroatoms. The molecule has 0 unspecified atom stereocenters. The number of hydrogen-bond donors (Lipinski definition) is 1. The van der Waals surface area contributed by atoms with E-state index in [1.165, 1.54) is 19.3 Å². The van der Waals surface area contributed by atoms with Crippen LogP contribution in [0.4, 0.5) is 0 Å². The van der Waals surface area contributed by atoms with Gasteiger partial charge in [-0.05, 0) is 19.8 Å². The molecule has 1 saturated carbocycles. The van der Waals surface area contributed by atoms with Crippen molar-refractivity contribution in [1.82, 2.24) is 14.8 Å². The second-order valence-corrected chi connectivity index (χ2v) is 3.50. The summed E-state index contributed by atoms with van der Waals surface area (Å²) < 4.78 is 2.03. The number of aliphatic hydroxyl groups is 1. The predicted molar refractivity (Wildman–Crippen MR) is 48.2 cm³/mol. The first kappa shape index (κ1) is 8.69. The quantitative estimate of drug-likeness (QED) is 0.758. The molecule has 0 amide bonds. The van der Waals surface area contributed by atoms with Gasteiger partial charge < -0.3 is 9.67 Å². The number of rotatable bonds is 3. The lowest BCUT2D eigenvalue weighted by Gasteiger charge is -2.24. The van der Waals surface area contributed by atoms with Crippen LogP contribution < -0.4 is 0 Å². The second-order valence-electron chi connectivity index (χ2n) is 3.50. The van der Waals surface area contributed by atoms with E-state index in [0.717, 1.165) is 12.4 Å². The van der Waals surface area contributed by atoms with Gasteiger partial charge in [0.1, 0.15) is 12.4 Å². The number of aliphatic hydroxyl groups excluding tert-OH is 1. The maximum absolute atomic E-state index is 9.01. The van der Waals surface area contributed by atoms with Crippen LogP contribution in [0.3, 0.4) is 0 Å². The van der Waals surface area contributed by atoms with Gasteiger partial charge in [-0.3, -0.25) is 0 Å². The molecular formula is C9H15N3O. The van der Waals surface area contributed by atoms with Gasteiger partial charge in [0.2, 0.25) is 0 Å². The lowest BCUT2D eigenvalue weighted by atomic mass is 9.85. The molecule has 1 fully saturated rings. The number of hydrogen-bond acceptors (Lipinski definition) is 3. The third-order valence-corrected chi connectivity index (χ3v) is 2.78. The van der Waals surface area contributed by atoms with Crippen molar-refractivity contribution in [2.75, 3.05) is 0 Å². The van der Waals surface area contributed by atoms with Crippen molar-refractivity contribution in [2.45, 2.75) is 45.3 Å². The van der Waals surface area contributed by atoms with Gasteiger partial charge >= 0.3 is 0 Å². The average Bonchev–Trinajstić information content (AvgIpc) is 2.44. The van der Waals surface area contributed by atoms with Crippen molar-refractivity contribution in [1.29, 1.82) is 0 Å². The van der Waals surface area contributed by atoms with E-state index in [2.05, 4.69) is 17.1 Å². The highest BCUT2D eigenvalue weighted by Crippen LogP contribution is 2.35. The maximum Gasteiger partial charge on any atom is 0.158 e. The molecule has 1 aromatic heterocycles. The molecule has 1 aliphatic carbocycles. The molecular weight excluding hydrogens is 166 g/mol. The van der Waals surface area contributed by atoms with E-state index >= 15 is 0 Å². The van der Waals surface area contributed by atoms with Crippen molar-refractivity contribution >= 4 is 0 Å². The standard InChI is InChI=1S/C9H15N3O/c1-2-12-8(6-13)10-11-9(12)7-4-3-5-7/h7,13H,2-6H2,1H3. The molecule has 0 radical (unpaired) electrons. The maximum atomic E-state index is 9.01. The Morgan fingerprint density at radius 1 is 1.46 bits per heavy atom. The normalized spacial score (nSPS) is 17.4. The number of aromatic nitrogens is 3. The summed E-state index contributed by atoms with van der Waals surface area (Å²) in [5, 5.41) is 17.1. The summed E-state index contributed by atoms with van der Waals surface area (Å²) in [5.74, 6) is 2.36. The fourth-order valence-corrected chi connectivity index (χ4v) is 1.78. The van der Waals surface area contributed by atoms with Crippen molar-refractivity contribution in [2.24, 2.45) is 0 Å². The smallest absolute Gasteiger partial charge is 0.158 e. The lowest BCUT2D eigenvalue weighted by Crippen LogP contribution is -2.16. The Hall–Kier alpha value is -0.900. The average molecular weight is 181 g/mol. The van der Waals surface area contributed by atoms with Crippen LogP contribution in [-0.4, -0.2) is 19.9 Å². The Kier molecular flexibility index (Phi) is 2.31. The molecule has 0 saturated heterocycles. The summed E-state index contributed by atoms with van der Waals surface area (Å²) in [4.78, 5) is 0. The molecule has 0 atom stereocenters. The van der Waals surface area contributed by atoms with Gasteiger partial charge in [0.15, 0.2) is 5.82 Å². The van der Waals surface area contributed by atoms with Gasteiger partial charge in [0, 0.05) is 12.5 Å². The van der Waals surface area contributed by atoms with Crippen LogP contribution >= 0.6 is 0 Å². The zero-order valence-corrected chi connectivity index (χ0v) is 7.90. The largest absolute Gasteiger partial charge is 0.388 e. The van der Waals surface area contributed by atoms with Gasteiger partial charge in [-0.15, -0.1) is 10.2 Å². The minimum absolute atomic E-state index is 0.00639. The van der Waals surface area contributed by atoms with Gasteiger partial charge in [-0.2, -0.15) is 0 Å². The van der Waals surface area contributed by atoms with E-state index < -0.39 is 0 Å². The van der Waals surface area contributed by atoms with E-state index in [1.807, 2.05) is 4.57 Å². The van der Waals surface area contributed by atoms with Gasteiger partial charge in [-0.25, -0.2) is 0 Å². The Labute approximate surface area is 77.6 Å². The zero-order chi connectivity index (χ0) is 9.26. The first-order valence-corrected chi connectivity index (χ1v) is 4.89. The van der Waals surface area contributed by atoms with Crippen LogP contribution in [0.5, 0.6) is 0 Å². The predicted octanol–water partition coefficient (Wildman–Crippen LogP) is 1.06. The molecule has 0 spiro atoms. The van der Waals surface area contributed by atoms with Crippen LogP contribution in [-0.2, 0) is 13.2 Å². The van der Waals surface area contributed by atoms with Gasteiger partial charge in [-0.1, -0.05) is 6.42 Å². The van der Waals surface area contributed by atoms with E-state index in [0.29, 0.717) is 11.7 Å². The van der Waals surface area contributed by atoms with Gasteiger partial charge in [0.05, 0.1) is 0 Å². The van der Waals surface area contributed by atoms with Crippen LogP contribution in [0, 0.1) is 0 Å². The monoisotopic (exact) mass is 181 g/mol. The highest BCUT2D eigenvalue weighted by atomic mass is 16.3. The molecule has 1 aromatic rings. The fourth-order valence-electron chi connectivity index (χ4n) is 1.78. The van der Waals surface area contributed by atoms with Crippen molar-refractivity contribution < 1.29 is 5.11 Å². The Bertz CT molecular complexity index is 291. The molecule has 1 heterocycles. The summed E-state index contributed by atoms with van der Waals surface area (Å²) in [6, 6.07) is 0. The third kappa shape index (κ3) is 1.35. The van der Waals surface area contributed by atoms with Crippen molar-refractivity contribution in [3.05, 3.63) is 11.6 Å². The molecule has 1 aliphatic rings. The van der Waals surface area contributed by atoms with E-state index in [4.69, 9.17) is 5.11 Å². The first-order chi connectivity index (χ1) is 6.36. The first-order valence-electron chi connectivity index (χ1n) is 4.89. The summed E-state index contributed by atoms with van der Waals surface area (Å²) in [7, 11) is 0. The molecule has 1 N–H and O–H groups in total. The lowest BCUT2D eigenvalue weighted by molar-refractivity contribution is 0.263. The van der Waals surface area contributed by atoms with E-state index in [9.17, 15) is 0 Å². The Balaban J connectivity index is 2.28. The summed E-state index contributed by atoms with van der Waals surface area (Å²) in [5.41, 5.74) is 0. The van der Waals surface area contributed by atoms with Crippen molar-refractivity contribution in [3.63, 3.8) is 0 Å². The molecule has 0 aromatic carbocycles. The van der Waals surface area contributed by atoms with Gasteiger partial charge in [0.25, 0.3) is 0 Å². The molecule has 0 aliphatic heterocycles. The highest BCUT2D eigenvalue weighted by Gasteiger charge is 2.25. The minimum Gasteiger partial charge on any atom is -0.388 e. The van der Waals surface area contributed by atoms with E-state index in [-0.39, 0.29) is 6.61 Å². The van der Waals surface area contributed by atoms with Crippen LogP contribution in [0.25, 0.3) is 0 Å². The molecule has 4 nitrogen and oxygen atoms in total. The van der Waals surface area contributed by atoms with Crippen LogP contribution in [0.1, 0.15) is 43.8 Å². The second kappa shape index (κ2) is 3.46. The minimum atomic E-state index is -0.00639. The summed E-state index contributed by atoms with van der Waals surface area (Å²) in [6.45, 7) is 2.91. The Morgan fingerprint density at radius 3 is 2.69 bits per heavy atom.